The van der Waals surface area contributed by atoms with E-state index in [2.05, 4.69) is 0 Å². The third kappa shape index (κ3) is 3.24. The van der Waals surface area contributed by atoms with Gasteiger partial charge >= 0.3 is 6.69 Å². The van der Waals surface area contributed by atoms with E-state index in [0.717, 1.165) is 0 Å². The second-order valence-corrected chi connectivity index (χ2v) is 12.2. The van der Waals surface area contributed by atoms with Crippen molar-refractivity contribution in [2.75, 3.05) is 5.50 Å². The first-order chi connectivity index (χ1) is 3.81. The molecule has 0 aromatic heterocycles. The van der Waals surface area contributed by atoms with Crippen LogP contribution in [0, 0.1) is 0 Å². The standard InChI is InChI=1S/C2H2Cl6Si/c3-1-9(7,8)2(4,5)6/h1H2. The number of halogens is 6. The van der Waals surface area contributed by atoms with Crippen LogP contribution in [0.4, 0.5) is 0 Å². The van der Waals surface area contributed by atoms with Crippen molar-refractivity contribution < 1.29 is 0 Å². The van der Waals surface area contributed by atoms with E-state index < -0.39 is 10.1 Å². The largest absolute Gasteiger partial charge is 0.318 e. The van der Waals surface area contributed by atoms with Crippen molar-refractivity contribution in [2.45, 2.75) is 3.42 Å². The second-order valence-electron chi connectivity index (χ2n) is 1.34. The van der Waals surface area contributed by atoms with Gasteiger partial charge in [0, 0.05) is 5.50 Å². The monoisotopic (exact) mass is 264 g/mol. The Labute approximate surface area is 83.7 Å². The van der Waals surface area contributed by atoms with Crippen molar-refractivity contribution in [1.82, 2.24) is 0 Å². The quantitative estimate of drug-likeness (QED) is 0.387. The number of alkyl halides is 4. The Hall–Kier alpha value is 1.96. The summed E-state index contributed by atoms with van der Waals surface area (Å²) >= 11 is 32.6. The highest BCUT2D eigenvalue weighted by molar-refractivity contribution is 7.53. The Morgan fingerprint density at radius 2 is 1.44 bits per heavy atom. The summed E-state index contributed by atoms with van der Waals surface area (Å²) in [6.07, 6.45) is 0. The maximum Gasteiger partial charge on any atom is 0.318 e. The Morgan fingerprint density at radius 3 is 1.44 bits per heavy atom. The van der Waals surface area contributed by atoms with Crippen molar-refractivity contribution in [3.8, 4) is 0 Å². The van der Waals surface area contributed by atoms with Crippen LogP contribution in [-0.2, 0) is 0 Å². The molecule has 0 bridgehead atoms. The minimum atomic E-state index is -2.87. The first-order valence-electron chi connectivity index (χ1n) is 1.82. The van der Waals surface area contributed by atoms with Gasteiger partial charge in [-0.1, -0.05) is 34.8 Å². The van der Waals surface area contributed by atoms with Crippen LogP contribution in [-0.4, -0.2) is 15.6 Å². The highest BCUT2D eigenvalue weighted by Gasteiger charge is 2.48. The first-order valence-corrected chi connectivity index (χ1v) is 7.71. The van der Waals surface area contributed by atoms with Gasteiger partial charge in [0.2, 0.25) is 3.42 Å². The average Bonchev–Trinajstić information content (AvgIpc) is 1.64. The van der Waals surface area contributed by atoms with Gasteiger partial charge in [0.25, 0.3) is 0 Å². The maximum atomic E-state index is 5.57. The minimum absolute atomic E-state index is 0.00656. The smallest absolute Gasteiger partial charge is 0.140 e. The highest BCUT2D eigenvalue weighted by atomic mass is 35.7. The van der Waals surface area contributed by atoms with E-state index >= 15 is 0 Å². The zero-order chi connectivity index (χ0) is 7.71. The lowest BCUT2D eigenvalue weighted by Gasteiger charge is -2.21. The normalized spacial score (nSPS) is 14.0. The zero-order valence-corrected chi connectivity index (χ0v) is 9.51. The summed E-state index contributed by atoms with van der Waals surface area (Å²) in [6.45, 7) is -2.87. The molecule has 0 N–H and O–H groups in total. The van der Waals surface area contributed by atoms with Crippen LogP contribution < -0.4 is 0 Å². The lowest BCUT2D eigenvalue weighted by molar-refractivity contribution is 1.63. The number of hydrogen-bond donors (Lipinski definition) is 0. The second kappa shape index (κ2) is 3.57. The molecule has 0 spiro atoms. The Morgan fingerprint density at radius 1 is 1.11 bits per heavy atom. The van der Waals surface area contributed by atoms with Crippen molar-refractivity contribution >= 4 is 75.3 Å². The Balaban J connectivity index is 4.14. The molecule has 9 heavy (non-hydrogen) atoms. The molecule has 0 radical (unpaired) electrons. The minimum Gasteiger partial charge on any atom is -0.140 e. The van der Waals surface area contributed by atoms with Crippen LogP contribution in [0.1, 0.15) is 0 Å². The Kier molecular flexibility index (Phi) is 4.35. The lowest BCUT2D eigenvalue weighted by atomic mass is 11.8. The summed E-state index contributed by atoms with van der Waals surface area (Å²) in [5.41, 5.74) is 0.00656. The lowest BCUT2D eigenvalue weighted by Crippen LogP contribution is -2.39. The molecule has 0 heterocycles. The molecule has 0 rings (SSSR count). The van der Waals surface area contributed by atoms with Crippen LogP contribution in [0.5, 0.6) is 0 Å². The molecule has 0 aliphatic rings. The van der Waals surface area contributed by atoms with Crippen LogP contribution in [0.15, 0.2) is 0 Å². The van der Waals surface area contributed by atoms with Crippen molar-refractivity contribution in [1.29, 1.82) is 0 Å². The first kappa shape index (κ1) is 11.0. The summed E-state index contributed by atoms with van der Waals surface area (Å²) in [6, 6.07) is 0. The van der Waals surface area contributed by atoms with Gasteiger partial charge in [0.15, 0.2) is 0 Å². The predicted molar refractivity (Wildman–Crippen MR) is 48.5 cm³/mol. The molecule has 0 saturated carbocycles. The van der Waals surface area contributed by atoms with E-state index in [0.29, 0.717) is 0 Å². The molecule has 0 nitrogen and oxygen atoms in total. The molecule has 0 aromatic rings. The fourth-order valence-electron chi connectivity index (χ4n) is 0.0758. The van der Waals surface area contributed by atoms with Crippen molar-refractivity contribution in [3.05, 3.63) is 0 Å². The molecule has 0 atom stereocenters. The van der Waals surface area contributed by atoms with Gasteiger partial charge in [-0.15, -0.1) is 33.8 Å². The molecular formula is C2H2Cl6Si. The van der Waals surface area contributed by atoms with E-state index in [1.54, 1.807) is 0 Å². The summed E-state index contributed by atoms with van der Waals surface area (Å²) in [4.78, 5) is 0. The topological polar surface area (TPSA) is 0 Å². The van der Waals surface area contributed by atoms with E-state index in [1.807, 2.05) is 0 Å². The predicted octanol–water partition coefficient (Wildman–Crippen LogP) is 3.59. The van der Waals surface area contributed by atoms with Crippen LogP contribution >= 0.6 is 68.6 Å². The highest BCUT2D eigenvalue weighted by Crippen LogP contribution is 2.42. The third-order valence-corrected chi connectivity index (χ3v) is 10.9. The molecule has 0 aliphatic heterocycles. The molecule has 0 unspecified atom stereocenters. The van der Waals surface area contributed by atoms with Gasteiger partial charge in [-0.3, -0.25) is 0 Å². The van der Waals surface area contributed by atoms with Crippen LogP contribution in [0.3, 0.4) is 0 Å². The average molecular weight is 267 g/mol. The zero-order valence-electron chi connectivity index (χ0n) is 3.97. The van der Waals surface area contributed by atoms with Crippen LogP contribution in [0.25, 0.3) is 0 Å². The summed E-state index contributed by atoms with van der Waals surface area (Å²) in [5.74, 6) is 0. The molecule has 7 heteroatoms. The maximum absolute atomic E-state index is 5.57. The van der Waals surface area contributed by atoms with Crippen molar-refractivity contribution in [3.63, 3.8) is 0 Å². The number of rotatable bonds is 1. The molecule has 0 saturated heterocycles. The summed E-state index contributed by atoms with van der Waals surface area (Å²) in [7, 11) is 0. The van der Waals surface area contributed by atoms with E-state index in [-0.39, 0.29) is 5.50 Å². The molecular weight excluding hydrogens is 265 g/mol. The van der Waals surface area contributed by atoms with Gasteiger partial charge in [-0.05, 0) is 0 Å². The van der Waals surface area contributed by atoms with E-state index in [9.17, 15) is 0 Å². The summed E-state index contributed by atoms with van der Waals surface area (Å²) in [5, 5.41) is 0. The third-order valence-electron chi connectivity index (χ3n) is 0.583. The van der Waals surface area contributed by atoms with E-state index in [4.69, 9.17) is 68.6 Å². The Bertz CT molecular complexity index is 93.7. The molecule has 56 valence electrons. The van der Waals surface area contributed by atoms with Gasteiger partial charge in [-0.25, -0.2) is 0 Å². The molecule has 0 amide bonds. The van der Waals surface area contributed by atoms with Gasteiger partial charge < -0.3 is 0 Å². The van der Waals surface area contributed by atoms with Crippen LogP contribution in [0.2, 0.25) is 0 Å². The van der Waals surface area contributed by atoms with Gasteiger partial charge in [0.05, 0.1) is 0 Å². The fourth-order valence-corrected chi connectivity index (χ4v) is 2.05. The molecule has 0 fully saturated rings. The summed E-state index contributed by atoms with van der Waals surface area (Å²) < 4.78 is -1.60. The van der Waals surface area contributed by atoms with E-state index in [1.165, 1.54) is 0 Å². The fraction of sp³-hybridized carbons (Fsp3) is 1.00. The number of hydrogen-bond acceptors (Lipinski definition) is 0. The molecule has 0 aliphatic carbocycles. The van der Waals surface area contributed by atoms with Gasteiger partial charge in [0.1, 0.15) is 0 Å². The van der Waals surface area contributed by atoms with Gasteiger partial charge in [-0.2, -0.15) is 0 Å². The van der Waals surface area contributed by atoms with Crippen molar-refractivity contribution in [2.24, 2.45) is 0 Å². The SMILES string of the molecule is ClC[Si](Cl)(Cl)C(Cl)(Cl)Cl. The molecule has 0 aromatic carbocycles.